The van der Waals surface area contributed by atoms with Crippen molar-refractivity contribution in [1.82, 2.24) is 15.1 Å². The first-order chi connectivity index (χ1) is 9.03. The standard InChI is InChI=1S/C13H24N4O2/c1-4-9(5-2)11(18)7-15-13(19)12-10(14)8-17(6-3)16-12/h8-9,11,18H,4-7,14H2,1-3H3,(H,15,19). The molecule has 0 spiro atoms. The highest BCUT2D eigenvalue weighted by Gasteiger charge is 2.19. The number of nitrogens with zero attached hydrogens (tertiary/aromatic N) is 2. The molecule has 1 unspecified atom stereocenters. The third kappa shape index (κ3) is 3.96. The molecule has 1 rings (SSSR count). The molecule has 0 radical (unpaired) electrons. The number of aromatic nitrogens is 2. The van der Waals surface area contributed by atoms with Gasteiger partial charge in [0.25, 0.3) is 5.91 Å². The average molecular weight is 268 g/mol. The molecule has 0 saturated carbocycles. The molecule has 6 nitrogen and oxygen atoms in total. The predicted molar refractivity (Wildman–Crippen MR) is 74.7 cm³/mol. The van der Waals surface area contributed by atoms with Gasteiger partial charge in [0.1, 0.15) is 0 Å². The van der Waals surface area contributed by atoms with Crippen LogP contribution in [0.15, 0.2) is 6.20 Å². The van der Waals surface area contributed by atoms with Crippen LogP contribution in [0.2, 0.25) is 0 Å². The highest BCUT2D eigenvalue weighted by atomic mass is 16.3. The summed E-state index contributed by atoms with van der Waals surface area (Å²) >= 11 is 0. The Hall–Kier alpha value is -1.56. The van der Waals surface area contributed by atoms with Crippen molar-refractivity contribution in [3.05, 3.63) is 11.9 Å². The quantitative estimate of drug-likeness (QED) is 0.688. The fourth-order valence-electron chi connectivity index (χ4n) is 2.06. The number of rotatable bonds is 7. The lowest BCUT2D eigenvalue weighted by atomic mass is 9.96. The summed E-state index contributed by atoms with van der Waals surface area (Å²) in [6, 6.07) is 0. The van der Waals surface area contributed by atoms with Gasteiger partial charge in [0, 0.05) is 19.3 Å². The number of hydrogen-bond acceptors (Lipinski definition) is 4. The van der Waals surface area contributed by atoms with Gasteiger partial charge in [0.05, 0.1) is 11.8 Å². The Labute approximate surface area is 114 Å². The summed E-state index contributed by atoms with van der Waals surface area (Å²) in [4.78, 5) is 11.9. The first-order valence-electron chi connectivity index (χ1n) is 6.82. The lowest BCUT2D eigenvalue weighted by molar-refractivity contribution is 0.0813. The molecule has 0 aromatic carbocycles. The van der Waals surface area contributed by atoms with E-state index in [0.717, 1.165) is 12.8 Å². The minimum atomic E-state index is -0.534. The van der Waals surface area contributed by atoms with E-state index >= 15 is 0 Å². The minimum Gasteiger partial charge on any atom is -0.396 e. The number of nitrogen functional groups attached to an aromatic ring is 1. The summed E-state index contributed by atoms with van der Waals surface area (Å²) < 4.78 is 1.61. The van der Waals surface area contributed by atoms with Gasteiger partial charge in [-0.05, 0) is 12.8 Å². The maximum atomic E-state index is 11.9. The van der Waals surface area contributed by atoms with Gasteiger partial charge in [-0.15, -0.1) is 0 Å². The van der Waals surface area contributed by atoms with Gasteiger partial charge in [-0.1, -0.05) is 26.7 Å². The number of aliphatic hydroxyl groups excluding tert-OH is 1. The molecule has 19 heavy (non-hydrogen) atoms. The first kappa shape index (κ1) is 15.5. The smallest absolute Gasteiger partial charge is 0.274 e. The van der Waals surface area contributed by atoms with Crippen LogP contribution in [0, 0.1) is 5.92 Å². The van der Waals surface area contributed by atoms with Gasteiger partial charge in [0.15, 0.2) is 5.69 Å². The molecule has 1 aromatic heterocycles. The van der Waals surface area contributed by atoms with Crippen molar-refractivity contribution in [2.24, 2.45) is 5.92 Å². The van der Waals surface area contributed by atoms with E-state index < -0.39 is 6.10 Å². The van der Waals surface area contributed by atoms with Crippen LogP contribution < -0.4 is 11.1 Å². The van der Waals surface area contributed by atoms with E-state index in [9.17, 15) is 9.90 Å². The van der Waals surface area contributed by atoms with E-state index in [-0.39, 0.29) is 24.1 Å². The van der Waals surface area contributed by atoms with Gasteiger partial charge < -0.3 is 16.2 Å². The highest BCUT2D eigenvalue weighted by Crippen LogP contribution is 2.13. The summed E-state index contributed by atoms with van der Waals surface area (Å²) in [5, 5.41) is 16.7. The van der Waals surface area contributed by atoms with E-state index in [4.69, 9.17) is 5.73 Å². The fraction of sp³-hybridized carbons (Fsp3) is 0.692. The second-order valence-electron chi connectivity index (χ2n) is 4.64. The number of nitrogens with one attached hydrogen (secondary N) is 1. The predicted octanol–water partition coefficient (Wildman–Crippen LogP) is 1.01. The van der Waals surface area contributed by atoms with Crippen LogP contribution in [0.1, 0.15) is 44.1 Å². The van der Waals surface area contributed by atoms with E-state index in [1.54, 1.807) is 10.9 Å². The van der Waals surface area contributed by atoms with Crippen LogP contribution in [-0.2, 0) is 6.54 Å². The van der Waals surface area contributed by atoms with Gasteiger partial charge in [-0.3, -0.25) is 9.48 Å². The van der Waals surface area contributed by atoms with Crippen LogP contribution in [0.25, 0.3) is 0 Å². The van der Waals surface area contributed by atoms with E-state index in [2.05, 4.69) is 10.4 Å². The largest absolute Gasteiger partial charge is 0.396 e. The zero-order valence-corrected chi connectivity index (χ0v) is 11.9. The normalized spacial score (nSPS) is 12.7. The van der Waals surface area contributed by atoms with E-state index in [1.165, 1.54) is 0 Å². The van der Waals surface area contributed by atoms with Gasteiger partial charge in [0.2, 0.25) is 0 Å². The monoisotopic (exact) mass is 268 g/mol. The molecule has 0 saturated heterocycles. The second kappa shape index (κ2) is 7.13. The van der Waals surface area contributed by atoms with Crippen LogP contribution in [-0.4, -0.2) is 33.4 Å². The molecule has 0 fully saturated rings. The summed E-state index contributed by atoms with van der Waals surface area (Å²) in [5.74, 6) is -0.138. The number of hydrogen-bond donors (Lipinski definition) is 3. The molecule has 1 atom stereocenters. The van der Waals surface area contributed by atoms with Gasteiger partial charge >= 0.3 is 0 Å². The summed E-state index contributed by atoms with van der Waals surface area (Å²) in [6.07, 6.45) is 2.88. The number of aryl methyl sites for hydroxylation is 1. The van der Waals surface area contributed by atoms with Crippen LogP contribution in [0.5, 0.6) is 0 Å². The Bertz CT molecular complexity index is 413. The molecule has 0 aliphatic rings. The third-order valence-electron chi connectivity index (χ3n) is 3.39. The van der Waals surface area contributed by atoms with Crippen LogP contribution >= 0.6 is 0 Å². The van der Waals surface area contributed by atoms with Gasteiger partial charge in [-0.25, -0.2) is 0 Å². The summed E-state index contributed by atoms with van der Waals surface area (Å²) in [5.41, 5.74) is 6.31. The van der Waals surface area contributed by atoms with Crippen LogP contribution in [0.3, 0.4) is 0 Å². The SMILES string of the molecule is CCC(CC)C(O)CNC(=O)c1nn(CC)cc1N. The number of aliphatic hydroxyl groups is 1. The molecule has 0 aliphatic carbocycles. The Morgan fingerprint density at radius 2 is 2.11 bits per heavy atom. The van der Waals surface area contributed by atoms with Gasteiger partial charge in [-0.2, -0.15) is 5.10 Å². The Balaban J connectivity index is 2.57. The average Bonchev–Trinajstić information content (AvgIpc) is 2.78. The maximum Gasteiger partial charge on any atom is 0.274 e. The zero-order chi connectivity index (χ0) is 14.4. The van der Waals surface area contributed by atoms with Crippen molar-refractivity contribution >= 4 is 11.6 Å². The van der Waals surface area contributed by atoms with Crippen molar-refractivity contribution in [1.29, 1.82) is 0 Å². The van der Waals surface area contributed by atoms with E-state index in [0.29, 0.717) is 12.2 Å². The molecule has 1 heterocycles. The molecular weight excluding hydrogens is 244 g/mol. The lowest BCUT2D eigenvalue weighted by Crippen LogP contribution is -2.36. The molecule has 0 bridgehead atoms. The molecule has 1 amide bonds. The van der Waals surface area contributed by atoms with E-state index in [1.807, 2.05) is 20.8 Å². The number of carbonyl (C=O) groups excluding carboxylic acids is 1. The molecule has 108 valence electrons. The Morgan fingerprint density at radius 1 is 1.47 bits per heavy atom. The summed E-state index contributed by atoms with van der Waals surface area (Å²) in [6.45, 7) is 6.86. The van der Waals surface area contributed by atoms with Crippen molar-refractivity contribution in [3.63, 3.8) is 0 Å². The Kier molecular flexibility index (Phi) is 5.82. The number of carbonyl (C=O) groups is 1. The van der Waals surface area contributed by atoms with Crippen LogP contribution in [0.4, 0.5) is 5.69 Å². The zero-order valence-electron chi connectivity index (χ0n) is 11.9. The van der Waals surface area contributed by atoms with Crippen molar-refractivity contribution in [2.75, 3.05) is 12.3 Å². The second-order valence-corrected chi connectivity index (χ2v) is 4.64. The molecule has 6 heteroatoms. The van der Waals surface area contributed by atoms with Crippen molar-refractivity contribution < 1.29 is 9.90 Å². The molecular formula is C13H24N4O2. The first-order valence-corrected chi connectivity index (χ1v) is 6.82. The van der Waals surface area contributed by atoms with Crippen molar-refractivity contribution in [3.8, 4) is 0 Å². The third-order valence-corrected chi connectivity index (χ3v) is 3.39. The molecule has 1 aromatic rings. The topological polar surface area (TPSA) is 93.2 Å². The molecule has 0 aliphatic heterocycles. The fourth-order valence-corrected chi connectivity index (χ4v) is 2.06. The lowest BCUT2D eigenvalue weighted by Gasteiger charge is -2.20. The summed E-state index contributed by atoms with van der Waals surface area (Å²) in [7, 11) is 0. The number of nitrogens with two attached hydrogens (primary N) is 1. The van der Waals surface area contributed by atoms with Crippen molar-refractivity contribution in [2.45, 2.75) is 46.3 Å². The molecule has 4 N–H and O–H groups in total. The maximum absolute atomic E-state index is 11.9. The Morgan fingerprint density at radius 3 is 2.58 bits per heavy atom. The number of amides is 1. The minimum absolute atomic E-state index is 0.200. The highest BCUT2D eigenvalue weighted by molar-refractivity contribution is 5.96. The number of anilines is 1.